The number of benzene rings is 2. The third-order valence-corrected chi connectivity index (χ3v) is 4.05. The Balaban J connectivity index is 1.93. The Labute approximate surface area is 142 Å². The van der Waals surface area contributed by atoms with Gasteiger partial charge in [0.05, 0.1) is 25.4 Å². The first-order valence-electron chi connectivity index (χ1n) is 7.12. The molecule has 116 valence electrons. The quantitative estimate of drug-likeness (QED) is 0.748. The Kier molecular flexibility index (Phi) is 4.57. The summed E-state index contributed by atoms with van der Waals surface area (Å²) in [6.45, 7) is 0. The first-order chi connectivity index (χ1) is 11.2. The van der Waals surface area contributed by atoms with E-state index >= 15 is 0 Å². The molecule has 1 N–H and O–H groups in total. The number of ether oxygens (including phenoxy) is 1. The van der Waals surface area contributed by atoms with Crippen LogP contribution in [0.25, 0.3) is 10.8 Å². The summed E-state index contributed by atoms with van der Waals surface area (Å²) < 4.78 is 6.43. The van der Waals surface area contributed by atoms with Crippen LogP contribution in [0.4, 0.5) is 5.69 Å². The lowest BCUT2D eigenvalue weighted by Crippen LogP contribution is -2.15. The van der Waals surface area contributed by atoms with Gasteiger partial charge < -0.3 is 10.1 Å². The van der Waals surface area contributed by atoms with Crippen LogP contribution >= 0.6 is 15.9 Å². The second-order valence-electron chi connectivity index (χ2n) is 5.08. The number of nitrogens with one attached hydrogen (secondary N) is 1. The number of hydrogen-bond acceptors (Lipinski definition) is 3. The zero-order valence-corrected chi connectivity index (χ0v) is 14.1. The highest BCUT2D eigenvalue weighted by atomic mass is 79.9. The highest BCUT2D eigenvalue weighted by molar-refractivity contribution is 9.10. The number of halogens is 1. The van der Waals surface area contributed by atoms with E-state index in [1.807, 2.05) is 36.4 Å². The highest BCUT2D eigenvalue weighted by Crippen LogP contribution is 2.30. The fraction of sp³-hybridized carbons (Fsp3) is 0.111. The van der Waals surface area contributed by atoms with Gasteiger partial charge in [-0.1, -0.05) is 28.1 Å². The van der Waals surface area contributed by atoms with Crippen molar-refractivity contribution < 1.29 is 9.53 Å². The van der Waals surface area contributed by atoms with E-state index in [0.29, 0.717) is 11.4 Å². The van der Waals surface area contributed by atoms with Crippen LogP contribution in [0.2, 0.25) is 0 Å². The fourth-order valence-electron chi connectivity index (χ4n) is 2.52. The van der Waals surface area contributed by atoms with E-state index < -0.39 is 0 Å². The lowest BCUT2D eigenvalue weighted by atomic mass is 10.0. The summed E-state index contributed by atoms with van der Waals surface area (Å²) in [5, 5.41) is 4.92. The van der Waals surface area contributed by atoms with Crippen molar-refractivity contribution in [2.45, 2.75) is 6.42 Å². The van der Waals surface area contributed by atoms with Crippen molar-refractivity contribution in [1.29, 1.82) is 0 Å². The number of rotatable bonds is 4. The Morgan fingerprint density at radius 2 is 2.13 bits per heavy atom. The van der Waals surface area contributed by atoms with E-state index in [1.54, 1.807) is 25.6 Å². The molecule has 23 heavy (non-hydrogen) atoms. The molecule has 0 aliphatic carbocycles. The normalized spacial score (nSPS) is 10.5. The predicted molar refractivity (Wildman–Crippen MR) is 94.8 cm³/mol. The molecule has 1 amide bonds. The van der Waals surface area contributed by atoms with Crippen LogP contribution in [0.5, 0.6) is 5.75 Å². The van der Waals surface area contributed by atoms with E-state index in [9.17, 15) is 4.79 Å². The molecule has 0 fully saturated rings. The summed E-state index contributed by atoms with van der Waals surface area (Å²) in [6.07, 6.45) is 3.52. The van der Waals surface area contributed by atoms with Crippen molar-refractivity contribution in [1.82, 2.24) is 4.98 Å². The van der Waals surface area contributed by atoms with E-state index in [4.69, 9.17) is 4.74 Å². The lowest BCUT2D eigenvalue weighted by molar-refractivity contribution is -0.115. The minimum Gasteiger partial charge on any atom is -0.496 e. The second-order valence-corrected chi connectivity index (χ2v) is 5.99. The van der Waals surface area contributed by atoms with E-state index in [0.717, 1.165) is 20.8 Å². The predicted octanol–water partition coefficient (Wildman–Crippen LogP) is 4.19. The molecule has 3 rings (SSSR count). The summed E-state index contributed by atoms with van der Waals surface area (Å²) in [7, 11) is 1.61. The maximum atomic E-state index is 12.4. The average Bonchev–Trinajstić information content (AvgIpc) is 2.55. The van der Waals surface area contributed by atoms with Crippen LogP contribution in [0.15, 0.2) is 59.3 Å². The minimum absolute atomic E-state index is 0.105. The number of pyridine rings is 1. The molecular formula is C18H15BrN2O2. The number of anilines is 1. The highest BCUT2D eigenvalue weighted by Gasteiger charge is 2.13. The number of nitrogens with zero attached hydrogens (tertiary/aromatic N) is 1. The van der Waals surface area contributed by atoms with Gasteiger partial charge in [0, 0.05) is 16.2 Å². The van der Waals surface area contributed by atoms with Crippen molar-refractivity contribution >= 4 is 38.3 Å². The summed E-state index contributed by atoms with van der Waals surface area (Å²) >= 11 is 3.47. The smallest absolute Gasteiger partial charge is 0.229 e. The largest absolute Gasteiger partial charge is 0.496 e. The molecule has 0 bridgehead atoms. The molecule has 0 aliphatic rings. The van der Waals surface area contributed by atoms with Crippen LogP contribution in [0.1, 0.15) is 5.56 Å². The van der Waals surface area contributed by atoms with Gasteiger partial charge in [-0.05, 0) is 41.1 Å². The maximum Gasteiger partial charge on any atom is 0.229 e. The van der Waals surface area contributed by atoms with Crippen LogP contribution in [-0.4, -0.2) is 18.0 Å². The van der Waals surface area contributed by atoms with Gasteiger partial charge in [0.15, 0.2) is 0 Å². The molecule has 0 radical (unpaired) electrons. The van der Waals surface area contributed by atoms with Gasteiger partial charge >= 0.3 is 0 Å². The number of aromatic nitrogens is 1. The summed E-state index contributed by atoms with van der Waals surface area (Å²) in [5.41, 5.74) is 1.55. The Hall–Kier alpha value is -2.40. The topological polar surface area (TPSA) is 51.2 Å². The SMILES string of the molecule is COc1ccc2cc(Br)ccc2c1CC(=O)Nc1cccnc1. The molecule has 4 nitrogen and oxygen atoms in total. The van der Waals surface area contributed by atoms with Gasteiger partial charge in [-0.3, -0.25) is 9.78 Å². The zero-order valence-electron chi connectivity index (χ0n) is 12.5. The monoisotopic (exact) mass is 370 g/mol. The lowest BCUT2D eigenvalue weighted by Gasteiger charge is -2.12. The number of carbonyl (C=O) groups excluding carboxylic acids is 1. The van der Waals surface area contributed by atoms with Gasteiger partial charge in [0.1, 0.15) is 5.75 Å². The molecule has 1 aromatic heterocycles. The van der Waals surface area contributed by atoms with Crippen LogP contribution in [0, 0.1) is 0 Å². The fourth-order valence-corrected chi connectivity index (χ4v) is 2.90. The van der Waals surface area contributed by atoms with Crippen LogP contribution in [-0.2, 0) is 11.2 Å². The first-order valence-corrected chi connectivity index (χ1v) is 7.91. The second kappa shape index (κ2) is 6.79. The number of fused-ring (bicyclic) bond motifs is 1. The van der Waals surface area contributed by atoms with Crippen molar-refractivity contribution in [2.75, 3.05) is 12.4 Å². The molecular weight excluding hydrogens is 356 g/mol. The number of carbonyl (C=O) groups is 1. The van der Waals surface area contributed by atoms with E-state index in [1.165, 1.54) is 0 Å². The molecule has 0 saturated carbocycles. The van der Waals surface area contributed by atoms with Crippen LogP contribution in [0.3, 0.4) is 0 Å². The molecule has 0 saturated heterocycles. The number of methoxy groups -OCH3 is 1. The molecule has 5 heteroatoms. The minimum atomic E-state index is -0.105. The summed E-state index contributed by atoms with van der Waals surface area (Å²) in [4.78, 5) is 16.4. The first kappa shape index (κ1) is 15.5. The van der Waals surface area contributed by atoms with Crippen molar-refractivity contribution in [3.05, 3.63) is 64.9 Å². The van der Waals surface area contributed by atoms with Gasteiger partial charge in [0.25, 0.3) is 0 Å². The Morgan fingerprint density at radius 1 is 1.26 bits per heavy atom. The van der Waals surface area contributed by atoms with Crippen LogP contribution < -0.4 is 10.1 Å². The number of hydrogen-bond donors (Lipinski definition) is 1. The molecule has 3 aromatic rings. The molecule has 0 aliphatic heterocycles. The molecule has 2 aromatic carbocycles. The molecule has 0 atom stereocenters. The molecule has 1 heterocycles. The zero-order chi connectivity index (χ0) is 16.2. The van der Waals surface area contributed by atoms with Gasteiger partial charge in [-0.25, -0.2) is 0 Å². The van der Waals surface area contributed by atoms with Gasteiger partial charge in [-0.2, -0.15) is 0 Å². The summed E-state index contributed by atoms with van der Waals surface area (Å²) in [5.74, 6) is 0.605. The van der Waals surface area contributed by atoms with E-state index in [-0.39, 0.29) is 12.3 Å². The third kappa shape index (κ3) is 3.51. The molecule has 0 spiro atoms. The van der Waals surface area contributed by atoms with E-state index in [2.05, 4.69) is 26.2 Å². The number of amides is 1. The maximum absolute atomic E-state index is 12.4. The van der Waals surface area contributed by atoms with Crippen molar-refractivity contribution in [3.63, 3.8) is 0 Å². The molecule has 0 unspecified atom stereocenters. The standard InChI is InChI=1S/C18H15BrN2O2/c1-23-17-7-4-12-9-13(19)5-6-15(12)16(17)10-18(22)21-14-3-2-8-20-11-14/h2-9,11H,10H2,1H3,(H,21,22). The summed E-state index contributed by atoms with van der Waals surface area (Å²) in [6, 6.07) is 13.5. The van der Waals surface area contributed by atoms with Gasteiger partial charge in [-0.15, -0.1) is 0 Å². The van der Waals surface area contributed by atoms with Crippen molar-refractivity contribution in [2.24, 2.45) is 0 Å². The van der Waals surface area contributed by atoms with Gasteiger partial charge in [0.2, 0.25) is 5.91 Å². The average molecular weight is 371 g/mol. The third-order valence-electron chi connectivity index (χ3n) is 3.55. The Morgan fingerprint density at radius 3 is 2.87 bits per heavy atom. The Bertz CT molecular complexity index is 850. The van der Waals surface area contributed by atoms with Crippen molar-refractivity contribution in [3.8, 4) is 5.75 Å².